The lowest BCUT2D eigenvalue weighted by atomic mass is 10.1. The largest absolute Gasteiger partial charge is 0.347 e. The van der Waals surface area contributed by atoms with E-state index in [1.54, 1.807) is 11.3 Å². The number of likely N-dealkylation sites (N-methyl/N-ethyl adjacent to an activating group) is 1. The first kappa shape index (κ1) is 14.1. The third kappa shape index (κ3) is 2.91. The van der Waals surface area contributed by atoms with E-state index in [1.165, 1.54) is 4.88 Å². The summed E-state index contributed by atoms with van der Waals surface area (Å²) in [7, 11) is 0. The van der Waals surface area contributed by atoms with E-state index >= 15 is 0 Å². The van der Waals surface area contributed by atoms with Gasteiger partial charge >= 0.3 is 0 Å². The minimum absolute atomic E-state index is 0.350. The minimum Gasteiger partial charge on any atom is -0.347 e. The molecule has 1 N–H and O–H groups in total. The number of nitrogens with zero attached hydrogens (tertiary/aromatic N) is 3. The van der Waals surface area contributed by atoms with Gasteiger partial charge < -0.3 is 4.98 Å². The molecular weight excluding hydrogens is 292 g/mol. The molecule has 0 radical (unpaired) electrons. The van der Waals surface area contributed by atoms with Gasteiger partial charge in [0.15, 0.2) is 0 Å². The Labute approximate surface area is 128 Å². The molecule has 2 aromatic heterocycles. The molecule has 1 saturated heterocycles. The first-order valence-corrected chi connectivity index (χ1v) is 8.21. The van der Waals surface area contributed by atoms with Crippen molar-refractivity contribution in [1.82, 2.24) is 19.8 Å². The standard InChI is InChI=1S/C14H19ClN4S/c1-2-19-7-6-18(10-13-11(15)3-8-20-13)9-12(19)14-16-4-5-17-14/h3-5,8,12H,2,6-7,9-10H2,1H3,(H,16,17)/t12-/m0/s1. The van der Waals surface area contributed by atoms with Gasteiger partial charge in [0.1, 0.15) is 5.82 Å². The molecule has 2 aromatic rings. The fraction of sp³-hybridized carbons (Fsp3) is 0.500. The zero-order valence-electron chi connectivity index (χ0n) is 11.6. The predicted molar refractivity (Wildman–Crippen MR) is 83.2 cm³/mol. The Balaban J connectivity index is 1.71. The second-order valence-electron chi connectivity index (χ2n) is 5.05. The summed E-state index contributed by atoms with van der Waals surface area (Å²) >= 11 is 7.94. The molecule has 0 aromatic carbocycles. The zero-order chi connectivity index (χ0) is 13.9. The molecule has 6 heteroatoms. The van der Waals surface area contributed by atoms with Crippen LogP contribution in [0.5, 0.6) is 0 Å². The molecular formula is C14H19ClN4S. The third-order valence-electron chi connectivity index (χ3n) is 3.87. The Hall–Kier alpha value is -0.880. The van der Waals surface area contributed by atoms with E-state index in [-0.39, 0.29) is 0 Å². The van der Waals surface area contributed by atoms with Crippen LogP contribution < -0.4 is 0 Å². The molecule has 4 nitrogen and oxygen atoms in total. The van der Waals surface area contributed by atoms with Crippen LogP contribution in [0.3, 0.4) is 0 Å². The highest BCUT2D eigenvalue weighted by atomic mass is 35.5. The Morgan fingerprint density at radius 1 is 1.50 bits per heavy atom. The summed E-state index contributed by atoms with van der Waals surface area (Å²) in [6.07, 6.45) is 3.73. The molecule has 20 heavy (non-hydrogen) atoms. The van der Waals surface area contributed by atoms with E-state index in [9.17, 15) is 0 Å². The summed E-state index contributed by atoms with van der Waals surface area (Å²) in [4.78, 5) is 13.9. The van der Waals surface area contributed by atoms with Gasteiger partial charge in [-0.05, 0) is 18.0 Å². The van der Waals surface area contributed by atoms with E-state index < -0.39 is 0 Å². The molecule has 0 saturated carbocycles. The number of nitrogens with one attached hydrogen (secondary N) is 1. The van der Waals surface area contributed by atoms with Gasteiger partial charge in [0.05, 0.1) is 11.1 Å². The molecule has 1 aliphatic heterocycles. The summed E-state index contributed by atoms with van der Waals surface area (Å²) < 4.78 is 0. The van der Waals surface area contributed by atoms with Crippen LogP contribution >= 0.6 is 22.9 Å². The number of imidazole rings is 1. The average Bonchev–Trinajstić information content (AvgIpc) is 3.11. The number of aromatic amines is 1. The molecule has 0 bridgehead atoms. The molecule has 1 aliphatic rings. The molecule has 108 valence electrons. The van der Waals surface area contributed by atoms with Crippen molar-refractivity contribution in [2.24, 2.45) is 0 Å². The van der Waals surface area contributed by atoms with Gasteiger partial charge in [-0.15, -0.1) is 11.3 Å². The van der Waals surface area contributed by atoms with Crippen molar-refractivity contribution in [3.63, 3.8) is 0 Å². The smallest absolute Gasteiger partial charge is 0.124 e. The van der Waals surface area contributed by atoms with E-state index in [4.69, 9.17) is 11.6 Å². The van der Waals surface area contributed by atoms with Gasteiger partial charge in [-0.2, -0.15) is 0 Å². The molecule has 1 atom stereocenters. The van der Waals surface area contributed by atoms with Crippen LogP contribution in [0.2, 0.25) is 5.02 Å². The van der Waals surface area contributed by atoms with Crippen LogP contribution in [-0.2, 0) is 6.54 Å². The van der Waals surface area contributed by atoms with Crippen LogP contribution in [0.4, 0.5) is 0 Å². The first-order valence-electron chi connectivity index (χ1n) is 6.95. The van der Waals surface area contributed by atoms with Gasteiger partial charge in [0, 0.05) is 43.4 Å². The molecule has 0 aliphatic carbocycles. The predicted octanol–water partition coefficient (Wildman–Crippen LogP) is 3.00. The summed E-state index contributed by atoms with van der Waals surface area (Å²) in [6.45, 7) is 7.35. The summed E-state index contributed by atoms with van der Waals surface area (Å²) in [5.41, 5.74) is 0. The number of aromatic nitrogens is 2. The minimum atomic E-state index is 0.350. The highest BCUT2D eigenvalue weighted by molar-refractivity contribution is 7.10. The van der Waals surface area contributed by atoms with Crippen molar-refractivity contribution in [1.29, 1.82) is 0 Å². The highest BCUT2D eigenvalue weighted by Gasteiger charge is 2.29. The molecule has 0 amide bonds. The maximum atomic E-state index is 6.21. The fourth-order valence-corrected chi connectivity index (χ4v) is 3.90. The van der Waals surface area contributed by atoms with Gasteiger partial charge in [0.25, 0.3) is 0 Å². The Bertz CT molecular complexity index is 539. The number of hydrogen-bond acceptors (Lipinski definition) is 4. The van der Waals surface area contributed by atoms with Crippen LogP contribution in [0.25, 0.3) is 0 Å². The normalized spacial score (nSPS) is 21.4. The monoisotopic (exact) mass is 310 g/mol. The Kier molecular flexibility index (Phi) is 4.41. The van der Waals surface area contributed by atoms with Crippen molar-refractivity contribution in [2.75, 3.05) is 26.2 Å². The van der Waals surface area contributed by atoms with Crippen LogP contribution in [0.1, 0.15) is 23.7 Å². The summed E-state index contributed by atoms with van der Waals surface area (Å²) in [5, 5.41) is 2.95. The van der Waals surface area contributed by atoms with Gasteiger partial charge in [-0.3, -0.25) is 9.80 Å². The second kappa shape index (κ2) is 6.26. The number of hydrogen-bond donors (Lipinski definition) is 1. The molecule has 3 heterocycles. The zero-order valence-corrected chi connectivity index (χ0v) is 13.1. The second-order valence-corrected chi connectivity index (χ2v) is 6.45. The quantitative estimate of drug-likeness (QED) is 0.943. The van der Waals surface area contributed by atoms with Crippen molar-refractivity contribution < 1.29 is 0 Å². The number of halogens is 1. The number of piperazine rings is 1. The topological polar surface area (TPSA) is 35.2 Å². The van der Waals surface area contributed by atoms with Gasteiger partial charge in [-0.25, -0.2) is 4.98 Å². The van der Waals surface area contributed by atoms with E-state index in [1.807, 2.05) is 18.5 Å². The molecule has 1 fully saturated rings. The number of thiophene rings is 1. The van der Waals surface area contributed by atoms with E-state index in [2.05, 4.69) is 32.1 Å². The summed E-state index contributed by atoms with van der Waals surface area (Å²) in [6, 6.07) is 2.33. The lowest BCUT2D eigenvalue weighted by Gasteiger charge is -2.40. The van der Waals surface area contributed by atoms with Gasteiger partial charge in [-0.1, -0.05) is 18.5 Å². The van der Waals surface area contributed by atoms with Crippen molar-refractivity contribution in [2.45, 2.75) is 19.5 Å². The lowest BCUT2D eigenvalue weighted by Crippen LogP contribution is -2.48. The molecule has 0 spiro atoms. The van der Waals surface area contributed by atoms with Gasteiger partial charge in [0.2, 0.25) is 0 Å². The fourth-order valence-electron chi connectivity index (χ4n) is 2.76. The van der Waals surface area contributed by atoms with E-state index in [0.717, 1.165) is 43.6 Å². The van der Waals surface area contributed by atoms with Crippen molar-refractivity contribution >= 4 is 22.9 Å². The maximum Gasteiger partial charge on any atom is 0.124 e. The first-order chi connectivity index (χ1) is 9.78. The highest BCUT2D eigenvalue weighted by Crippen LogP contribution is 2.27. The SMILES string of the molecule is CCN1CCN(Cc2sccc2Cl)C[C@H]1c1ncc[nH]1. The number of H-pyrrole nitrogens is 1. The summed E-state index contributed by atoms with van der Waals surface area (Å²) in [5.74, 6) is 1.06. The average molecular weight is 311 g/mol. The maximum absolute atomic E-state index is 6.21. The number of rotatable bonds is 4. The van der Waals surface area contributed by atoms with Crippen LogP contribution in [0.15, 0.2) is 23.8 Å². The lowest BCUT2D eigenvalue weighted by molar-refractivity contribution is 0.0703. The van der Waals surface area contributed by atoms with E-state index in [0.29, 0.717) is 6.04 Å². The van der Waals surface area contributed by atoms with Crippen molar-refractivity contribution in [3.8, 4) is 0 Å². The van der Waals surface area contributed by atoms with Crippen LogP contribution in [-0.4, -0.2) is 45.9 Å². The third-order valence-corrected chi connectivity index (χ3v) is 5.25. The molecule has 0 unspecified atom stereocenters. The Morgan fingerprint density at radius 3 is 3.05 bits per heavy atom. The Morgan fingerprint density at radius 2 is 2.40 bits per heavy atom. The van der Waals surface area contributed by atoms with Crippen molar-refractivity contribution in [3.05, 3.63) is 39.6 Å². The van der Waals surface area contributed by atoms with Crippen LogP contribution in [0, 0.1) is 0 Å². The molecule has 3 rings (SSSR count).